The summed E-state index contributed by atoms with van der Waals surface area (Å²) in [5.41, 5.74) is 9.38. The summed E-state index contributed by atoms with van der Waals surface area (Å²) >= 11 is 6.11. The first-order valence-corrected chi connectivity index (χ1v) is 12.8. The van der Waals surface area contributed by atoms with Gasteiger partial charge in [0.25, 0.3) is 0 Å². The molecule has 188 valence electrons. The predicted molar refractivity (Wildman–Crippen MR) is 145 cm³/mol. The highest BCUT2D eigenvalue weighted by Crippen LogP contribution is 2.56. The van der Waals surface area contributed by atoms with E-state index in [2.05, 4.69) is 13.0 Å². The molecule has 1 amide bonds. The van der Waals surface area contributed by atoms with Gasteiger partial charge in [-0.05, 0) is 42.3 Å². The topological polar surface area (TPSA) is 97.2 Å². The number of hydrogen-bond donors (Lipinski definition) is 1. The zero-order chi connectivity index (χ0) is 26.4. The minimum atomic E-state index is -1.48. The van der Waals surface area contributed by atoms with Crippen molar-refractivity contribution in [2.45, 2.75) is 31.7 Å². The van der Waals surface area contributed by atoms with E-state index in [1.54, 1.807) is 21.7 Å². The molecular formula is C30H24ClN5O2. The predicted octanol–water partition coefficient (Wildman–Crippen LogP) is 5.40. The molecule has 38 heavy (non-hydrogen) atoms. The Labute approximate surface area is 225 Å². The summed E-state index contributed by atoms with van der Waals surface area (Å²) in [7, 11) is 0. The number of halogens is 1. The third-order valence-electron chi connectivity index (χ3n) is 7.14. The number of anilines is 1. The van der Waals surface area contributed by atoms with E-state index >= 15 is 0 Å². The summed E-state index contributed by atoms with van der Waals surface area (Å²) in [6, 6.07) is 26.7. The summed E-state index contributed by atoms with van der Waals surface area (Å²) in [6.07, 6.45) is 1.39. The Kier molecular flexibility index (Phi) is 5.70. The van der Waals surface area contributed by atoms with Crippen LogP contribution in [0.15, 0.2) is 90.3 Å². The zero-order valence-corrected chi connectivity index (χ0v) is 21.4. The molecule has 0 aliphatic carbocycles. The second kappa shape index (κ2) is 9.09. The molecule has 1 aromatic heterocycles. The molecule has 0 fully saturated rings. The standard InChI is InChI=1S/C30H24ClN5O2/c1-2-8-24-26-28(36(34-24)21-9-4-3-5-10-21)38-27(33)23(17-32)30(26)22-11-6-7-12-25(22)35(29(30)37)18-19-13-15-20(31)16-14-19/h3-7,9-16H,2,8,18,33H2,1H3/t30-/m1/s1. The average Bonchev–Trinajstić information content (AvgIpc) is 3.40. The number of hydrogen-bond acceptors (Lipinski definition) is 5. The van der Waals surface area contributed by atoms with Gasteiger partial charge in [-0.15, -0.1) is 0 Å². The minimum absolute atomic E-state index is 0.0750. The molecule has 4 aromatic rings. The third-order valence-corrected chi connectivity index (χ3v) is 7.39. The lowest BCUT2D eigenvalue weighted by Crippen LogP contribution is -2.46. The number of rotatable bonds is 5. The number of nitrogens with zero attached hydrogens (tertiary/aromatic N) is 4. The Hall–Kier alpha value is -4.54. The van der Waals surface area contributed by atoms with Crippen molar-refractivity contribution in [2.75, 3.05) is 4.90 Å². The highest BCUT2D eigenvalue weighted by Gasteiger charge is 2.61. The summed E-state index contributed by atoms with van der Waals surface area (Å²) in [6.45, 7) is 2.36. The van der Waals surface area contributed by atoms with Gasteiger partial charge in [-0.3, -0.25) is 4.79 Å². The van der Waals surface area contributed by atoms with Gasteiger partial charge in [0.05, 0.1) is 23.5 Å². The van der Waals surface area contributed by atoms with Gasteiger partial charge in [-0.25, -0.2) is 4.68 Å². The highest BCUT2D eigenvalue weighted by atomic mass is 35.5. The van der Waals surface area contributed by atoms with Crippen LogP contribution in [0.5, 0.6) is 5.88 Å². The van der Waals surface area contributed by atoms with Crippen molar-refractivity contribution >= 4 is 23.2 Å². The molecule has 8 heteroatoms. The largest absolute Gasteiger partial charge is 0.422 e. The third kappa shape index (κ3) is 3.34. The Morgan fingerprint density at radius 2 is 1.76 bits per heavy atom. The SMILES string of the molecule is CCCc1nn(-c2ccccc2)c2c1[C@]1(C(=O)N(Cc3ccc(Cl)cc3)c3ccccc31)C(C#N)=C(N)O2. The van der Waals surface area contributed by atoms with Crippen LogP contribution in [0.4, 0.5) is 5.69 Å². The molecule has 3 aromatic carbocycles. The van der Waals surface area contributed by atoms with Crippen molar-refractivity contribution in [3.8, 4) is 17.6 Å². The van der Waals surface area contributed by atoms with Gasteiger partial charge in [-0.2, -0.15) is 10.4 Å². The normalized spacial score (nSPS) is 17.8. The second-order valence-electron chi connectivity index (χ2n) is 9.36. The molecule has 0 saturated carbocycles. The molecule has 2 aliphatic heterocycles. The first-order valence-electron chi connectivity index (χ1n) is 12.4. The van der Waals surface area contributed by atoms with Gasteiger partial charge < -0.3 is 15.4 Å². The molecule has 0 bridgehead atoms. The van der Waals surface area contributed by atoms with E-state index in [-0.39, 0.29) is 17.4 Å². The maximum atomic E-state index is 14.8. The van der Waals surface area contributed by atoms with Crippen molar-refractivity contribution < 1.29 is 9.53 Å². The van der Waals surface area contributed by atoms with Crippen LogP contribution in [0.1, 0.15) is 35.7 Å². The van der Waals surface area contributed by atoms with Crippen LogP contribution in [-0.2, 0) is 23.2 Å². The van der Waals surface area contributed by atoms with Crippen molar-refractivity contribution in [1.82, 2.24) is 9.78 Å². The number of carbonyl (C=O) groups is 1. The van der Waals surface area contributed by atoms with E-state index in [1.165, 1.54) is 0 Å². The molecule has 0 unspecified atom stereocenters. The average molecular weight is 522 g/mol. The molecule has 1 atom stereocenters. The van der Waals surface area contributed by atoms with Gasteiger partial charge in [0.15, 0.2) is 0 Å². The van der Waals surface area contributed by atoms with Gasteiger partial charge in [0, 0.05) is 16.3 Å². The quantitative estimate of drug-likeness (QED) is 0.379. The molecule has 7 nitrogen and oxygen atoms in total. The maximum Gasteiger partial charge on any atom is 0.248 e. The number of fused-ring (bicyclic) bond motifs is 4. The van der Waals surface area contributed by atoms with Crippen molar-refractivity contribution in [1.29, 1.82) is 5.26 Å². The van der Waals surface area contributed by atoms with Crippen LogP contribution in [0.2, 0.25) is 5.02 Å². The van der Waals surface area contributed by atoms with Crippen molar-refractivity contribution in [3.05, 3.63) is 118 Å². The highest BCUT2D eigenvalue weighted by molar-refractivity contribution is 6.30. The molecule has 6 rings (SSSR count). The van der Waals surface area contributed by atoms with Crippen LogP contribution in [0.3, 0.4) is 0 Å². The first-order chi connectivity index (χ1) is 18.5. The van der Waals surface area contributed by atoms with E-state index in [9.17, 15) is 10.1 Å². The van der Waals surface area contributed by atoms with Gasteiger partial charge in [0.2, 0.25) is 17.7 Å². The molecule has 0 saturated heterocycles. The van der Waals surface area contributed by atoms with E-state index in [0.717, 1.165) is 23.4 Å². The fourth-order valence-electron chi connectivity index (χ4n) is 5.54. The Bertz CT molecular complexity index is 1640. The van der Waals surface area contributed by atoms with Crippen LogP contribution >= 0.6 is 11.6 Å². The molecule has 2 N–H and O–H groups in total. The van der Waals surface area contributed by atoms with E-state index in [1.807, 2.05) is 66.7 Å². The number of nitrogens with two attached hydrogens (primary N) is 1. The molecule has 2 aliphatic rings. The summed E-state index contributed by atoms with van der Waals surface area (Å²) in [5, 5.41) is 16.0. The number of nitriles is 1. The van der Waals surface area contributed by atoms with Gasteiger partial charge in [-0.1, -0.05) is 73.5 Å². The number of amides is 1. The van der Waals surface area contributed by atoms with E-state index < -0.39 is 5.41 Å². The van der Waals surface area contributed by atoms with Gasteiger partial charge >= 0.3 is 0 Å². The first kappa shape index (κ1) is 23.8. The van der Waals surface area contributed by atoms with Crippen LogP contribution in [-0.4, -0.2) is 15.7 Å². The summed E-state index contributed by atoms with van der Waals surface area (Å²) in [5.74, 6) is -0.00747. The minimum Gasteiger partial charge on any atom is -0.422 e. The van der Waals surface area contributed by atoms with Crippen molar-refractivity contribution in [3.63, 3.8) is 0 Å². The molecule has 3 heterocycles. The molecule has 0 radical (unpaired) electrons. The summed E-state index contributed by atoms with van der Waals surface area (Å²) in [4.78, 5) is 16.5. The zero-order valence-electron chi connectivity index (χ0n) is 20.7. The smallest absolute Gasteiger partial charge is 0.248 e. The lowest BCUT2D eigenvalue weighted by molar-refractivity contribution is -0.121. The Balaban J connectivity index is 1.64. The van der Waals surface area contributed by atoms with Gasteiger partial charge in [0.1, 0.15) is 17.1 Å². The fraction of sp³-hybridized carbons (Fsp3) is 0.167. The maximum absolute atomic E-state index is 14.8. The number of carbonyl (C=O) groups excluding carboxylic acids is 1. The lowest BCUT2D eigenvalue weighted by atomic mass is 9.68. The number of aromatic nitrogens is 2. The fourth-order valence-corrected chi connectivity index (χ4v) is 5.67. The van der Waals surface area contributed by atoms with E-state index in [4.69, 9.17) is 27.2 Å². The Morgan fingerprint density at radius 3 is 2.47 bits per heavy atom. The lowest BCUT2D eigenvalue weighted by Gasteiger charge is -2.33. The monoisotopic (exact) mass is 521 g/mol. The van der Waals surface area contributed by atoms with Crippen LogP contribution in [0, 0.1) is 11.3 Å². The number of para-hydroxylation sites is 2. The van der Waals surface area contributed by atoms with Crippen LogP contribution in [0.25, 0.3) is 5.69 Å². The second-order valence-corrected chi connectivity index (χ2v) is 9.80. The van der Waals surface area contributed by atoms with E-state index in [0.29, 0.717) is 40.7 Å². The Morgan fingerprint density at radius 1 is 1.05 bits per heavy atom. The summed E-state index contributed by atoms with van der Waals surface area (Å²) < 4.78 is 7.80. The number of ether oxygens (including phenoxy) is 1. The van der Waals surface area contributed by atoms with Crippen molar-refractivity contribution in [2.24, 2.45) is 5.73 Å². The van der Waals surface area contributed by atoms with Crippen LogP contribution < -0.4 is 15.4 Å². The number of benzene rings is 3. The number of aryl methyl sites for hydroxylation is 1. The molecular weight excluding hydrogens is 498 g/mol. The molecule has 1 spiro atoms.